The molecule has 20 heavy (non-hydrogen) atoms. The first kappa shape index (κ1) is 12.9. The van der Waals surface area contributed by atoms with Gasteiger partial charge in [0, 0.05) is 19.1 Å². The van der Waals surface area contributed by atoms with Crippen LogP contribution >= 0.6 is 0 Å². The van der Waals surface area contributed by atoms with E-state index < -0.39 is 0 Å². The molecule has 2 heterocycles. The third-order valence-electron chi connectivity index (χ3n) is 3.73. The number of fused-ring (bicyclic) bond motifs is 1. The fourth-order valence-electron chi connectivity index (χ4n) is 2.55. The molecule has 1 amide bonds. The Balaban J connectivity index is 1.58. The van der Waals surface area contributed by atoms with E-state index in [9.17, 15) is 4.79 Å². The molecule has 1 aromatic heterocycles. The Morgan fingerprint density at radius 1 is 1.40 bits per heavy atom. The van der Waals surface area contributed by atoms with Crippen LogP contribution in [0.15, 0.2) is 30.5 Å². The van der Waals surface area contributed by atoms with E-state index >= 15 is 0 Å². The minimum Gasteiger partial charge on any atom is -0.349 e. The summed E-state index contributed by atoms with van der Waals surface area (Å²) in [5, 5.41) is 13.0. The van der Waals surface area contributed by atoms with Gasteiger partial charge in [0.05, 0.1) is 6.20 Å². The fraction of sp³-hybridized carbons (Fsp3) is 0.333. The first-order valence-corrected chi connectivity index (χ1v) is 6.82. The summed E-state index contributed by atoms with van der Waals surface area (Å²) in [6, 6.07) is 8.70. The number of aryl methyl sites for hydroxylation is 1. The standard InChI is InChI=1S/C15H18N4O/c1-10-7-18-19-14(10)15(20)17-9-13-6-11-4-2-3-5-12(11)8-16-13/h2-5,7,13,16H,6,8-9H2,1H3,(H,17,20)(H,18,19). The zero-order valence-corrected chi connectivity index (χ0v) is 11.4. The monoisotopic (exact) mass is 270 g/mol. The number of aromatic nitrogens is 2. The smallest absolute Gasteiger partial charge is 0.269 e. The van der Waals surface area contributed by atoms with Crippen molar-refractivity contribution in [2.75, 3.05) is 6.54 Å². The molecule has 1 aliphatic heterocycles. The number of carbonyl (C=O) groups is 1. The highest BCUT2D eigenvalue weighted by Gasteiger charge is 2.19. The molecule has 0 spiro atoms. The van der Waals surface area contributed by atoms with E-state index in [4.69, 9.17) is 0 Å². The highest BCUT2D eigenvalue weighted by molar-refractivity contribution is 5.93. The van der Waals surface area contributed by atoms with Gasteiger partial charge in [0.2, 0.25) is 0 Å². The number of carbonyl (C=O) groups excluding carboxylic acids is 1. The van der Waals surface area contributed by atoms with E-state index in [1.165, 1.54) is 11.1 Å². The van der Waals surface area contributed by atoms with Crippen LogP contribution < -0.4 is 10.6 Å². The summed E-state index contributed by atoms with van der Waals surface area (Å²) in [5.41, 5.74) is 4.12. The highest BCUT2D eigenvalue weighted by Crippen LogP contribution is 2.15. The van der Waals surface area contributed by atoms with Gasteiger partial charge in [0.1, 0.15) is 5.69 Å². The number of aromatic amines is 1. The maximum atomic E-state index is 12.0. The lowest BCUT2D eigenvalue weighted by Crippen LogP contribution is -2.44. The van der Waals surface area contributed by atoms with E-state index in [1.54, 1.807) is 6.20 Å². The molecule has 0 saturated carbocycles. The van der Waals surface area contributed by atoms with E-state index in [1.807, 2.05) is 6.92 Å². The molecule has 0 fully saturated rings. The molecular weight excluding hydrogens is 252 g/mol. The van der Waals surface area contributed by atoms with Crippen molar-refractivity contribution in [1.29, 1.82) is 0 Å². The van der Waals surface area contributed by atoms with Gasteiger partial charge in [-0.25, -0.2) is 0 Å². The van der Waals surface area contributed by atoms with Crippen molar-refractivity contribution in [1.82, 2.24) is 20.8 Å². The molecule has 0 saturated heterocycles. The number of H-pyrrole nitrogens is 1. The van der Waals surface area contributed by atoms with Gasteiger partial charge < -0.3 is 10.6 Å². The summed E-state index contributed by atoms with van der Waals surface area (Å²) in [5.74, 6) is -0.0966. The highest BCUT2D eigenvalue weighted by atomic mass is 16.1. The average Bonchev–Trinajstić information content (AvgIpc) is 2.91. The Labute approximate surface area is 117 Å². The van der Waals surface area contributed by atoms with Gasteiger partial charge >= 0.3 is 0 Å². The van der Waals surface area contributed by atoms with Crippen molar-refractivity contribution in [3.05, 3.63) is 52.8 Å². The third kappa shape index (κ3) is 2.58. The molecule has 1 aliphatic rings. The van der Waals surface area contributed by atoms with Crippen LogP contribution in [0, 0.1) is 6.92 Å². The summed E-state index contributed by atoms with van der Waals surface area (Å²) in [4.78, 5) is 12.0. The van der Waals surface area contributed by atoms with E-state index in [2.05, 4.69) is 45.1 Å². The summed E-state index contributed by atoms with van der Waals surface area (Å²) >= 11 is 0. The lowest BCUT2D eigenvalue weighted by Gasteiger charge is -2.26. The largest absolute Gasteiger partial charge is 0.349 e. The minimum atomic E-state index is -0.0966. The molecule has 3 N–H and O–H groups in total. The maximum absolute atomic E-state index is 12.0. The molecule has 5 heteroatoms. The van der Waals surface area contributed by atoms with Gasteiger partial charge in [0.25, 0.3) is 5.91 Å². The van der Waals surface area contributed by atoms with Crippen LogP contribution in [0.5, 0.6) is 0 Å². The van der Waals surface area contributed by atoms with Crippen LogP contribution in [-0.2, 0) is 13.0 Å². The second kappa shape index (κ2) is 5.46. The van der Waals surface area contributed by atoms with Gasteiger partial charge in [-0.05, 0) is 30.0 Å². The predicted octanol–water partition coefficient (Wildman–Crippen LogP) is 1.16. The molecule has 0 bridgehead atoms. The summed E-state index contributed by atoms with van der Waals surface area (Å²) in [6.45, 7) is 3.35. The molecule has 2 aromatic rings. The minimum absolute atomic E-state index is 0.0966. The number of nitrogens with zero attached hydrogens (tertiary/aromatic N) is 1. The van der Waals surface area contributed by atoms with Crippen LogP contribution in [-0.4, -0.2) is 28.7 Å². The number of hydrogen-bond donors (Lipinski definition) is 3. The normalized spacial score (nSPS) is 17.6. The second-order valence-corrected chi connectivity index (χ2v) is 5.19. The Morgan fingerprint density at radius 2 is 2.20 bits per heavy atom. The lowest BCUT2D eigenvalue weighted by atomic mass is 9.96. The summed E-state index contributed by atoms with van der Waals surface area (Å²) < 4.78 is 0. The van der Waals surface area contributed by atoms with Crippen molar-refractivity contribution >= 4 is 5.91 Å². The second-order valence-electron chi connectivity index (χ2n) is 5.19. The van der Waals surface area contributed by atoms with Gasteiger partial charge in [-0.3, -0.25) is 9.89 Å². The van der Waals surface area contributed by atoms with Gasteiger partial charge in [-0.1, -0.05) is 24.3 Å². The molecule has 0 radical (unpaired) electrons. The fourth-order valence-corrected chi connectivity index (χ4v) is 2.55. The number of hydrogen-bond acceptors (Lipinski definition) is 3. The zero-order valence-electron chi connectivity index (χ0n) is 11.4. The third-order valence-corrected chi connectivity index (χ3v) is 3.73. The van der Waals surface area contributed by atoms with E-state index in [0.717, 1.165) is 18.5 Å². The average molecular weight is 270 g/mol. The number of rotatable bonds is 3. The topological polar surface area (TPSA) is 69.8 Å². The Morgan fingerprint density at radius 3 is 2.95 bits per heavy atom. The number of amides is 1. The molecule has 5 nitrogen and oxygen atoms in total. The van der Waals surface area contributed by atoms with Crippen molar-refractivity contribution in [3.8, 4) is 0 Å². The van der Waals surface area contributed by atoms with E-state index in [-0.39, 0.29) is 11.9 Å². The Hall–Kier alpha value is -2.14. The lowest BCUT2D eigenvalue weighted by molar-refractivity contribution is 0.0943. The molecular formula is C15H18N4O. The Kier molecular flexibility index (Phi) is 3.52. The van der Waals surface area contributed by atoms with Crippen LogP contribution in [0.1, 0.15) is 27.2 Å². The van der Waals surface area contributed by atoms with Crippen molar-refractivity contribution in [2.45, 2.75) is 25.9 Å². The maximum Gasteiger partial charge on any atom is 0.269 e. The van der Waals surface area contributed by atoms with E-state index in [0.29, 0.717) is 12.2 Å². The SMILES string of the molecule is Cc1cn[nH]c1C(=O)NCC1Cc2ccccc2CN1. The van der Waals surface area contributed by atoms with Gasteiger partial charge in [-0.15, -0.1) is 0 Å². The molecule has 0 aliphatic carbocycles. The first-order chi connectivity index (χ1) is 9.74. The zero-order chi connectivity index (χ0) is 13.9. The van der Waals surface area contributed by atoms with Crippen molar-refractivity contribution in [2.24, 2.45) is 0 Å². The molecule has 104 valence electrons. The van der Waals surface area contributed by atoms with Crippen LogP contribution in [0.4, 0.5) is 0 Å². The van der Waals surface area contributed by atoms with Crippen molar-refractivity contribution in [3.63, 3.8) is 0 Å². The summed E-state index contributed by atoms with van der Waals surface area (Å²) in [7, 11) is 0. The van der Waals surface area contributed by atoms with Gasteiger partial charge in [0.15, 0.2) is 0 Å². The molecule has 3 rings (SSSR count). The van der Waals surface area contributed by atoms with Gasteiger partial charge in [-0.2, -0.15) is 5.10 Å². The van der Waals surface area contributed by atoms with Crippen LogP contribution in [0.2, 0.25) is 0 Å². The quantitative estimate of drug-likeness (QED) is 0.784. The van der Waals surface area contributed by atoms with Crippen LogP contribution in [0.25, 0.3) is 0 Å². The van der Waals surface area contributed by atoms with Crippen LogP contribution in [0.3, 0.4) is 0 Å². The predicted molar refractivity (Wildman–Crippen MR) is 76.4 cm³/mol. The van der Waals surface area contributed by atoms with Crippen molar-refractivity contribution < 1.29 is 4.79 Å². The first-order valence-electron chi connectivity index (χ1n) is 6.82. The molecule has 1 unspecified atom stereocenters. The molecule has 1 atom stereocenters. The Bertz CT molecular complexity index is 620. The summed E-state index contributed by atoms with van der Waals surface area (Å²) in [6.07, 6.45) is 2.60. The molecule has 1 aromatic carbocycles. The number of benzene rings is 1. The number of nitrogens with one attached hydrogen (secondary N) is 3.